The Morgan fingerprint density at radius 3 is 2.76 bits per heavy atom. The Kier molecular flexibility index (Phi) is 3.00. The van der Waals surface area contributed by atoms with Gasteiger partial charge in [-0.05, 0) is 32.4 Å². The van der Waals surface area contributed by atoms with Crippen LogP contribution in [0, 0.1) is 0 Å². The van der Waals surface area contributed by atoms with Crippen LogP contribution in [-0.2, 0) is 0 Å². The third kappa shape index (κ3) is 1.97. The summed E-state index contributed by atoms with van der Waals surface area (Å²) in [5, 5.41) is 0. The summed E-state index contributed by atoms with van der Waals surface area (Å²) in [6.45, 7) is 6.63. The first kappa shape index (κ1) is 12.2. The molecule has 2 aromatic rings. The molecule has 0 amide bonds. The van der Waals surface area contributed by atoms with Crippen molar-refractivity contribution >= 4 is 32.9 Å². The van der Waals surface area contributed by atoms with E-state index in [1.807, 2.05) is 5.51 Å². The van der Waals surface area contributed by atoms with Crippen molar-refractivity contribution in [3.63, 3.8) is 0 Å². The van der Waals surface area contributed by atoms with Crippen LogP contribution in [0.15, 0.2) is 17.6 Å². The van der Waals surface area contributed by atoms with Gasteiger partial charge in [0.25, 0.3) is 0 Å². The molecule has 1 heterocycles. The lowest BCUT2D eigenvalue weighted by molar-refractivity contribution is 0.471. The fourth-order valence-electron chi connectivity index (χ4n) is 1.80. The van der Waals surface area contributed by atoms with Crippen LogP contribution in [0.4, 0.5) is 11.4 Å². The molecule has 0 aliphatic carbocycles. The molecule has 0 unspecified atom stereocenters. The van der Waals surface area contributed by atoms with Crippen molar-refractivity contribution in [2.45, 2.75) is 32.7 Å². The minimum Gasteiger partial charge on any atom is -0.395 e. The molecule has 1 aromatic heterocycles. The lowest BCUT2D eigenvalue weighted by Gasteiger charge is -2.37. The number of hydrogen-bond donors (Lipinski definition) is 1. The normalized spacial score (nSPS) is 12.0. The van der Waals surface area contributed by atoms with Gasteiger partial charge in [-0.3, -0.25) is 0 Å². The van der Waals surface area contributed by atoms with Crippen molar-refractivity contribution in [1.82, 2.24) is 4.98 Å². The highest BCUT2D eigenvalue weighted by Crippen LogP contribution is 2.35. The van der Waals surface area contributed by atoms with Crippen LogP contribution in [0.5, 0.6) is 0 Å². The Morgan fingerprint density at radius 2 is 2.12 bits per heavy atom. The molecule has 0 aliphatic rings. The van der Waals surface area contributed by atoms with Gasteiger partial charge in [0, 0.05) is 12.6 Å². The zero-order chi connectivity index (χ0) is 12.6. The van der Waals surface area contributed by atoms with E-state index in [4.69, 9.17) is 5.73 Å². The van der Waals surface area contributed by atoms with Gasteiger partial charge in [-0.1, -0.05) is 6.92 Å². The van der Waals surface area contributed by atoms with Crippen LogP contribution < -0.4 is 10.6 Å². The molecule has 17 heavy (non-hydrogen) atoms. The third-order valence-electron chi connectivity index (χ3n) is 3.65. The monoisotopic (exact) mass is 249 g/mol. The molecule has 4 heteroatoms. The molecule has 3 nitrogen and oxygen atoms in total. The smallest absolute Gasteiger partial charge is 0.106 e. The number of aromatic nitrogens is 1. The zero-order valence-corrected chi connectivity index (χ0v) is 11.6. The van der Waals surface area contributed by atoms with Gasteiger partial charge in [0.15, 0.2) is 0 Å². The van der Waals surface area contributed by atoms with E-state index in [2.05, 4.69) is 49.8 Å². The van der Waals surface area contributed by atoms with E-state index in [9.17, 15) is 0 Å². The Balaban J connectivity index is 2.52. The molecule has 2 N–H and O–H groups in total. The van der Waals surface area contributed by atoms with Crippen LogP contribution in [0.2, 0.25) is 0 Å². The second kappa shape index (κ2) is 4.18. The highest BCUT2D eigenvalue weighted by molar-refractivity contribution is 7.16. The van der Waals surface area contributed by atoms with Gasteiger partial charge < -0.3 is 10.6 Å². The average Bonchev–Trinajstić information content (AvgIpc) is 2.78. The summed E-state index contributed by atoms with van der Waals surface area (Å²) in [5.41, 5.74) is 10.9. The highest BCUT2D eigenvalue weighted by atomic mass is 32.1. The summed E-state index contributed by atoms with van der Waals surface area (Å²) in [6.07, 6.45) is 1.07. The summed E-state index contributed by atoms with van der Waals surface area (Å²) in [6, 6.07) is 4.19. The van der Waals surface area contributed by atoms with E-state index in [-0.39, 0.29) is 5.54 Å². The SMILES string of the molecule is CCC(C)(C)N(C)c1ccc2scnc2c1N. The van der Waals surface area contributed by atoms with Crippen molar-refractivity contribution in [2.75, 3.05) is 17.7 Å². The van der Waals surface area contributed by atoms with Gasteiger partial charge in [0.1, 0.15) is 5.52 Å². The maximum atomic E-state index is 6.22. The van der Waals surface area contributed by atoms with Gasteiger partial charge in [0.05, 0.1) is 21.6 Å². The lowest BCUT2D eigenvalue weighted by atomic mass is 9.99. The van der Waals surface area contributed by atoms with Gasteiger partial charge in [0.2, 0.25) is 0 Å². The molecule has 2 rings (SSSR count). The van der Waals surface area contributed by atoms with Crippen LogP contribution >= 0.6 is 11.3 Å². The van der Waals surface area contributed by atoms with E-state index >= 15 is 0 Å². The summed E-state index contributed by atoms with van der Waals surface area (Å²) in [5.74, 6) is 0. The van der Waals surface area contributed by atoms with Crippen molar-refractivity contribution in [1.29, 1.82) is 0 Å². The van der Waals surface area contributed by atoms with Crippen LogP contribution in [-0.4, -0.2) is 17.6 Å². The fraction of sp³-hybridized carbons (Fsp3) is 0.462. The second-order valence-corrected chi connectivity index (χ2v) is 5.81. The predicted molar refractivity (Wildman–Crippen MR) is 76.8 cm³/mol. The van der Waals surface area contributed by atoms with Crippen molar-refractivity contribution in [3.8, 4) is 0 Å². The average molecular weight is 249 g/mol. The number of hydrogen-bond acceptors (Lipinski definition) is 4. The van der Waals surface area contributed by atoms with E-state index in [0.717, 1.165) is 28.0 Å². The number of nitrogen functional groups attached to an aromatic ring is 1. The Morgan fingerprint density at radius 1 is 1.41 bits per heavy atom. The highest BCUT2D eigenvalue weighted by Gasteiger charge is 2.23. The molecule has 0 aliphatic heterocycles. The van der Waals surface area contributed by atoms with E-state index < -0.39 is 0 Å². The van der Waals surface area contributed by atoms with Crippen molar-refractivity contribution in [3.05, 3.63) is 17.6 Å². The summed E-state index contributed by atoms with van der Waals surface area (Å²) in [4.78, 5) is 6.57. The van der Waals surface area contributed by atoms with Gasteiger partial charge in [-0.15, -0.1) is 11.3 Å². The second-order valence-electron chi connectivity index (χ2n) is 4.92. The molecule has 0 spiro atoms. The fourth-order valence-corrected chi connectivity index (χ4v) is 2.49. The van der Waals surface area contributed by atoms with Crippen LogP contribution in [0.1, 0.15) is 27.2 Å². The number of nitrogens with two attached hydrogens (primary N) is 1. The number of benzene rings is 1. The van der Waals surface area contributed by atoms with Crippen LogP contribution in [0.3, 0.4) is 0 Å². The maximum absolute atomic E-state index is 6.22. The summed E-state index contributed by atoms with van der Waals surface area (Å²) < 4.78 is 1.15. The minimum atomic E-state index is 0.0951. The molecule has 1 aromatic carbocycles. The molecule has 0 saturated carbocycles. The third-order valence-corrected chi connectivity index (χ3v) is 4.45. The molecule has 0 saturated heterocycles. The molecule has 0 bridgehead atoms. The number of rotatable bonds is 3. The number of fused-ring (bicyclic) bond motifs is 1. The van der Waals surface area contributed by atoms with Gasteiger partial charge >= 0.3 is 0 Å². The quantitative estimate of drug-likeness (QED) is 0.846. The van der Waals surface area contributed by atoms with Gasteiger partial charge in [-0.25, -0.2) is 4.98 Å². The maximum Gasteiger partial charge on any atom is 0.106 e. The standard InChI is InChI=1S/C13H19N3S/c1-5-13(2,3)16(4)9-6-7-10-12(11(9)14)15-8-17-10/h6-8H,5,14H2,1-4H3. The Bertz CT molecular complexity index is 530. The van der Waals surface area contributed by atoms with Gasteiger partial charge in [-0.2, -0.15) is 0 Å². The predicted octanol–water partition coefficient (Wildman–Crippen LogP) is 3.50. The largest absolute Gasteiger partial charge is 0.395 e. The first-order chi connectivity index (χ1) is 7.97. The molecule has 0 radical (unpaired) electrons. The first-order valence-corrected chi connectivity index (χ1v) is 6.71. The Hall–Kier alpha value is -1.29. The molecule has 92 valence electrons. The minimum absolute atomic E-state index is 0.0951. The molecular weight excluding hydrogens is 230 g/mol. The summed E-state index contributed by atoms with van der Waals surface area (Å²) >= 11 is 1.63. The number of anilines is 2. The zero-order valence-electron chi connectivity index (χ0n) is 10.8. The van der Waals surface area contributed by atoms with Crippen molar-refractivity contribution < 1.29 is 0 Å². The van der Waals surface area contributed by atoms with E-state index in [1.54, 1.807) is 11.3 Å². The summed E-state index contributed by atoms with van der Waals surface area (Å²) in [7, 11) is 2.09. The lowest BCUT2D eigenvalue weighted by Crippen LogP contribution is -2.40. The molecule has 0 atom stereocenters. The Labute approximate surface area is 106 Å². The van der Waals surface area contributed by atoms with Crippen molar-refractivity contribution in [2.24, 2.45) is 0 Å². The van der Waals surface area contributed by atoms with E-state index in [1.165, 1.54) is 0 Å². The molecular formula is C13H19N3S. The van der Waals surface area contributed by atoms with E-state index in [0.29, 0.717) is 0 Å². The topological polar surface area (TPSA) is 42.2 Å². The first-order valence-electron chi connectivity index (χ1n) is 5.83. The number of nitrogens with zero attached hydrogens (tertiary/aromatic N) is 2. The number of thiazole rings is 1. The van der Waals surface area contributed by atoms with Crippen LogP contribution in [0.25, 0.3) is 10.2 Å². The molecule has 0 fully saturated rings.